The summed E-state index contributed by atoms with van der Waals surface area (Å²) in [5, 5.41) is 5.72. The van der Waals surface area contributed by atoms with Crippen LogP contribution in [0.4, 0.5) is 17.2 Å². The molecule has 12 nitrogen and oxygen atoms in total. The van der Waals surface area contributed by atoms with E-state index in [9.17, 15) is 14.4 Å². The fourth-order valence-electron chi connectivity index (χ4n) is 4.62. The number of Topliss-reactive ketones (excluding diaryl/α,β-unsaturated/α-hetero) is 1. The van der Waals surface area contributed by atoms with Crippen LogP contribution in [0.3, 0.4) is 0 Å². The van der Waals surface area contributed by atoms with E-state index in [1.165, 1.54) is 13.1 Å². The number of pyridine rings is 1. The molecule has 4 aromatic rings. The Morgan fingerprint density at radius 2 is 1.75 bits per heavy atom. The first-order valence-electron chi connectivity index (χ1n) is 14.2. The molecule has 5 rings (SSSR count). The minimum atomic E-state index is -0.483. The quantitative estimate of drug-likeness (QED) is 0.220. The normalized spacial score (nSPS) is 12.8. The highest BCUT2D eigenvalue weighted by molar-refractivity contribution is 6.07. The van der Waals surface area contributed by atoms with Gasteiger partial charge in [0, 0.05) is 37.0 Å². The maximum absolute atomic E-state index is 13.2. The van der Waals surface area contributed by atoms with Crippen molar-refractivity contribution in [2.75, 3.05) is 55.4 Å². The number of carbonyl (C=O) groups excluding carboxylic acids is 3. The summed E-state index contributed by atoms with van der Waals surface area (Å²) >= 11 is 0. The first kappa shape index (κ1) is 30.1. The molecule has 0 atom stereocenters. The molecule has 0 unspecified atom stereocenters. The van der Waals surface area contributed by atoms with Crippen LogP contribution in [0.1, 0.15) is 33.3 Å². The average molecular weight is 596 g/mol. The van der Waals surface area contributed by atoms with Crippen LogP contribution < -0.4 is 26.0 Å². The fourth-order valence-corrected chi connectivity index (χ4v) is 4.62. The Labute approximate surface area is 254 Å². The number of ether oxygens (including phenoxy) is 2. The van der Waals surface area contributed by atoms with E-state index in [1.54, 1.807) is 36.7 Å². The molecule has 3 heterocycles. The second-order valence-electron chi connectivity index (χ2n) is 10.1. The van der Waals surface area contributed by atoms with Crippen molar-refractivity contribution in [3.8, 4) is 17.0 Å². The molecule has 4 N–H and O–H groups in total. The number of hydrogen-bond acceptors (Lipinski definition) is 10. The van der Waals surface area contributed by atoms with Crippen LogP contribution in [-0.4, -0.2) is 72.0 Å². The zero-order valence-corrected chi connectivity index (χ0v) is 24.3. The van der Waals surface area contributed by atoms with Gasteiger partial charge in [0.2, 0.25) is 0 Å². The number of carbonyl (C=O) groups is 3. The summed E-state index contributed by atoms with van der Waals surface area (Å²) in [4.78, 5) is 51.8. The third kappa shape index (κ3) is 7.72. The molecule has 1 aliphatic heterocycles. The summed E-state index contributed by atoms with van der Waals surface area (Å²) in [5.74, 6) is -0.224. The van der Waals surface area contributed by atoms with E-state index in [0.29, 0.717) is 62.0 Å². The minimum absolute atomic E-state index is 0.0167. The summed E-state index contributed by atoms with van der Waals surface area (Å²) in [7, 11) is 0. The van der Waals surface area contributed by atoms with Gasteiger partial charge < -0.3 is 30.7 Å². The molecule has 2 aromatic carbocycles. The average Bonchev–Trinajstić information content (AvgIpc) is 3.05. The van der Waals surface area contributed by atoms with Crippen LogP contribution in [0.2, 0.25) is 0 Å². The smallest absolute Gasteiger partial charge is 0.278 e. The SMILES string of the molecule is CC(=O)c1ccc(OCC(=O)NCCc2ccc(-c3cnc(N)c(C(=O)Nc4cnccc4N4CCOCC4)n3)cc2)cc1. The summed E-state index contributed by atoms with van der Waals surface area (Å²) in [6, 6.07) is 16.1. The molecule has 12 heteroatoms. The molecule has 0 bridgehead atoms. The number of benzene rings is 2. The van der Waals surface area contributed by atoms with E-state index in [2.05, 4.69) is 30.5 Å². The standard InChI is InChI=1S/C32H33N7O5/c1-21(40)23-6-8-25(9-7-23)44-20-29(41)35-13-10-22-2-4-24(5-3-22)26-19-36-31(33)30(37-26)32(42)38-27-18-34-12-11-28(27)39-14-16-43-17-15-39/h2-9,11-12,18-19H,10,13-17,20H2,1H3,(H2,33,36)(H,35,41)(H,38,42). The lowest BCUT2D eigenvalue weighted by molar-refractivity contribution is -0.123. The van der Waals surface area contributed by atoms with Gasteiger partial charge in [-0.25, -0.2) is 9.97 Å². The Balaban J connectivity index is 1.15. The van der Waals surface area contributed by atoms with Crippen LogP contribution in [0.25, 0.3) is 11.3 Å². The molecule has 0 radical (unpaired) electrons. The van der Waals surface area contributed by atoms with Crippen molar-refractivity contribution in [1.82, 2.24) is 20.3 Å². The molecule has 0 aliphatic carbocycles. The molecule has 44 heavy (non-hydrogen) atoms. The third-order valence-electron chi connectivity index (χ3n) is 7.03. The van der Waals surface area contributed by atoms with Gasteiger partial charge in [0.25, 0.3) is 11.8 Å². The zero-order chi connectivity index (χ0) is 30.9. The molecule has 226 valence electrons. The topological polar surface area (TPSA) is 162 Å². The molecule has 2 aromatic heterocycles. The predicted molar refractivity (Wildman–Crippen MR) is 166 cm³/mol. The van der Waals surface area contributed by atoms with Gasteiger partial charge in [-0.3, -0.25) is 19.4 Å². The summed E-state index contributed by atoms with van der Waals surface area (Å²) in [5.41, 5.74) is 10.3. The van der Waals surface area contributed by atoms with Gasteiger partial charge in [-0.15, -0.1) is 0 Å². The molecule has 1 saturated heterocycles. The monoisotopic (exact) mass is 595 g/mol. The van der Waals surface area contributed by atoms with E-state index in [1.807, 2.05) is 30.3 Å². The van der Waals surface area contributed by atoms with Crippen LogP contribution in [0, 0.1) is 0 Å². The van der Waals surface area contributed by atoms with E-state index in [4.69, 9.17) is 15.2 Å². The molecular weight excluding hydrogens is 562 g/mol. The molecular formula is C32H33N7O5. The molecule has 0 saturated carbocycles. The third-order valence-corrected chi connectivity index (χ3v) is 7.03. The first-order chi connectivity index (χ1) is 21.4. The van der Waals surface area contributed by atoms with Gasteiger partial charge in [0.15, 0.2) is 23.9 Å². The van der Waals surface area contributed by atoms with Crippen LogP contribution in [0.5, 0.6) is 5.75 Å². The van der Waals surface area contributed by atoms with Crippen molar-refractivity contribution in [1.29, 1.82) is 0 Å². The maximum Gasteiger partial charge on any atom is 0.278 e. The number of nitrogens with zero attached hydrogens (tertiary/aromatic N) is 4. The highest BCUT2D eigenvalue weighted by Gasteiger charge is 2.20. The van der Waals surface area contributed by atoms with Crippen LogP contribution >= 0.6 is 0 Å². The lowest BCUT2D eigenvalue weighted by Crippen LogP contribution is -2.36. The lowest BCUT2D eigenvalue weighted by Gasteiger charge is -2.30. The largest absolute Gasteiger partial charge is 0.484 e. The molecule has 2 amide bonds. The van der Waals surface area contributed by atoms with E-state index in [-0.39, 0.29) is 29.8 Å². The Kier molecular flexibility index (Phi) is 9.72. The molecule has 0 spiro atoms. The molecule has 1 fully saturated rings. The Morgan fingerprint density at radius 1 is 1.00 bits per heavy atom. The van der Waals surface area contributed by atoms with E-state index < -0.39 is 5.91 Å². The Hall–Kier alpha value is -5.36. The number of ketones is 1. The van der Waals surface area contributed by atoms with Crippen LogP contribution in [0.15, 0.2) is 73.2 Å². The number of anilines is 3. The van der Waals surface area contributed by atoms with Gasteiger partial charge in [0.05, 0.1) is 42.7 Å². The van der Waals surface area contributed by atoms with Crippen molar-refractivity contribution in [3.05, 3.63) is 90.0 Å². The minimum Gasteiger partial charge on any atom is -0.484 e. The van der Waals surface area contributed by atoms with Gasteiger partial charge in [-0.2, -0.15) is 0 Å². The number of morpholine rings is 1. The van der Waals surface area contributed by atoms with Crippen molar-refractivity contribution in [2.45, 2.75) is 13.3 Å². The van der Waals surface area contributed by atoms with Gasteiger partial charge in [0.1, 0.15) is 5.75 Å². The van der Waals surface area contributed by atoms with Crippen molar-refractivity contribution < 1.29 is 23.9 Å². The summed E-state index contributed by atoms with van der Waals surface area (Å²) in [6.45, 7) is 4.43. The van der Waals surface area contributed by atoms with E-state index in [0.717, 1.165) is 16.8 Å². The first-order valence-corrected chi connectivity index (χ1v) is 14.2. The lowest BCUT2D eigenvalue weighted by atomic mass is 10.1. The highest BCUT2D eigenvalue weighted by Crippen LogP contribution is 2.27. The summed E-state index contributed by atoms with van der Waals surface area (Å²) in [6.07, 6.45) is 5.41. The Bertz CT molecular complexity index is 1620. The number of nitrogens with two attached hydrogens (primary N) is 1. The van der Waals surface area contributed by atoms with Gasteiger partial charge in [-0.05, 0) is 49.2 Å². The van der Waals surface area contributed by atoms with Crippen LogP contribution in [-0.2, 0) is 16.0 Å². The summed E-state index contributed by atoms with van der Waals surface area (Å²) < 4.78 is 10.9. The Morgan fingerprint density at radius 3 is 2.48 bits per heavy atom. The number of amides is 2. The number of aromatic nitrogens is 3. The predicted octanol–water partition coefficient (Wildman–Crippen LogP) is 3.15. The fraction of sp³-hybridized carbons (Fsp3) is 0.250. The number of rotatable bonds is 11. The van der Waals surface area contributed by atoms with Crippen molar-refractivity contribution in [2.24, 2.45) is 0 Å². The second-order valence-corrected chi connectivity index (χ2v) is 10.1. The molecule has 1 aliphatic rings. The van der Waals surface area contributed by atoms with Crippen molar-refractivity contribution in [3.63, 3.8) is 0 Å². The van der Waals surface area contributed by atoms with E-state index >= 15 is 0 Å². The van der Waals surface area contributed by atoms with Gasteiger partial charge >= 0.3 is 0 Å². The highest BCUT2D eigenvalue weighted by atomic mass is 16.5. The number of hydrogen-bond donors (Lipinski definition) is 3. The maximum atomic E-state index is 13.2. The zero-order valence-electron chi connectivity index (χ0n) is 24.3. The van der Waals surface area contributed by atoms with Gasteiger partial charge in [-0.1, -0.05) is 24.3 Å². The number of nitrogen functional groups attached to an aromatic ring is 1. The second kappa shape index (κ2) is 14.2. The van der Waals surface area contributed by atoms with Crippen molar-refractivity contribution >= 4 is 34.8 Å². The number of nitrogens with one attached hydrogen (secondary N) is 2.